The van der Waals surface area contributed by atoms with Crippen LogP contribution in [0, 0.1) is 0 Å². The Morgan fingerprint density at radius 3 is 3.00 bits per heavy atom. The summed E-state index contributed by atoms with van der Waals surface area (Å²) in [5.41, 5.74) is 0.798. The van der Waals surface area contributed by atoms with Gasteiger partial charge in [0.05, 0.1) is 0 Å². The van der Waals surface area contributed by atoms with Gasteiger partial charge in [-0.25, -0.2) is 4.98 Å². The quantitative estimate of drug-likeness (QED) is 0.868. The van der Waals surface area contributed by atoms with E-state index in [-0.39, 0.29) is 5.56 Å². The SMILES string of the molecule is CCCc1cc(=O)n2nc(N3CCSC(C)C3C)sc2n1. The summed E-state index contributed by atoms with van der Waals surface area (Å²) >= 11 is 3.52. The van der Waals surface area contributed by atoms with E-state index in [9.17, 15) is 4.79 Å². The zero-order chi connectivity index (χ0) is 15.0. The highest BCUT2D eigenvalue weighted by molar-refractivity contribution is 8.00. The lowest BCUT2D eigenvalue weighted by Gasteiger charge is -2.36. The van der Waals surface area contributed by atoms with Crippen LogP contribution in [0.25, 0.3) is 4.96 Å². The summed E-state index contributed by atoms with van der Waals surface area (Å²) in [6.45, 7) is 7.54. The molecular weight excluding hydrogens is 304 g/mol. The molecule has 3 rings (SSSR count). The normalized spacial score (nSPS) is 22.9. The maximum Gasteiger partial charge on any atom is 0.275 e. The van der Waals surface area contributed by atoms with Gasteiger partial charge in [0, 0.05) is 35.3 Å². The third-order valence-electron chi connectivity index (χ3n) is 3.92. The van der Waals surface area contributed by atoms with Crippen molar-refractivity contribution in [3.05, 3.63) is 22.1 Å². The summed E-state index contributed by atoms with van der Waals surface area (Å²) in [5.74, 6) is 1.10. The Hall–Kier alpha value is -1.08. The third kappa shape index (κ3) is 2.81. The smallest absolute Gasteiger partial charge is 0.275 e. The van der Waals surface area contributed by atoms with Crippen molar-refractivity contribution < 1.29 is 0 Å². The molecule has 0 aliphatic carbocycles. The van der Waals surface area contributed by atoms with Gasteiger partial charge in [0.25, 0.3) is 5.56 Å². The maximum absolute atomic E-state index is 12.2. The molecule has 114 valence electrons. The van der Waals surface area contributed by atoms with E-state index in [2.05, 4.69) is 35.8 Å². The lowest BCUT2D eigenvalue weighted by Crippen LogP contribution is -2.44. The largest absolute Gasteiger partial charge is 0.342 e. The van der Waals surface area contributed by atoms with Crippen LogP contribution in [0.3, 0.4) is 0 Å². The molecule has 2 aromatic heterocycles. The Bertz CT molecular complexity index is 696. The molecule has 0 spiro atoms. The van der Waals surface area contributed by atoms with Crippen molar-refractivity contribution in [3.8, 4) is 0 Å². The van der Waals surface area contributed by atoms with Crippen molar-refractivity contribution in [2.45, 2.75) is 44.9 Å². The molecule has 2 aromatic rings. The molecule has 0 amide bonds. The van der Waals surface area contributed by atoms with Crippen molar-refractivity contribution >= 4 is 33.2 Å². The maximum atomic E-state index is 12.2. The van der Waals surface area contributed by atoms with E-state index in [1.54, 1.807) is 6.07 Å². The second-order valence-corrected chi connectivity index (χ2v) is 7.84. The number of aromatic nitrogens is 3. The van der Waals surface area contributed by atoms with Crippen LogP contribution in [0.5, 0.6) is 0 Å². The average Bonchev–Trinajstić information content (AvgIpc) is 2.86. The van der Waals surface area contributed by atoms with Gasteiger partial charge in [0.1, 0.15) is 0 Å². The van der Waals surface area contributed by atoms with Gasteiger partial charge >= 0.3 is 0 Å². The summed E-state index contributed by atoms with van der Waals surface area (Å²) in [4.78, 5) is 19.7. The van der Waals surface area contributed by atoms with Gasteiger partial charge in [-0.05, 0) is 13.3 Å². The Morgan fingerprint density at radius 2 is 2.24 bits per heavy atom. The van der Waals surface area contributed by atoms with Crippen molar-refractivity contribution in [1.82, 2.24) is 14.6 Å². The molecule has 1 fully saturated rings. The zero-order valence-electron chi connectivity index (χ0n) is 12.6. The number of aryl methyl sites for hydroxylation is 1. The average molecular weight is 324 g/mol. The molecule has 1 aliphatic heterocycles. The molecule has 0 bridgehead atoms. The number of anilines is 1. The van der Waals surface area contributed by atoms with Gasteiger partial charge in [-0.1, -0.05) is 31.6 Å². The fourth-order valence-electron chi connectivity index (χ4n) is 2.55. The van der Waals surface area contributed by atoms with Crippen molar-refractivity contribution in [2.24, 2.45) is 0 Å². The lowest BCUT2D eigenvalue weighted by molar-refractivity contribution is 0.620. The van der Waals surface area contributed by atoms with Gasteiger partial charge in [0.2, 0.25) is 10.1 Å². The van der Waals surface area contributed by atoms with Gasteiger partial charge in [-0.2, -0.15) is 16.3 Å². The molecule has 3 heterocycles. The van der Waals surface area contributed by atoms with Crippen LogP contribution in [0.1, 0.15) is 32.9 Å². The highest BCUT2D eigenvalue weighted by atomic mass is 32.2. The Balaban J connectivity index is 2.00. The van der Waals surface area contributed by atoms with Crippen LogP contribution in [0.2, 0.25) is 0 Å². The molecule has 2 atom stereocenters. The van der Waals surface area contributed by atoms with Crippen LogP contribution in [0.4, 0.5) is 5.13 Å². The number of fused-ring (bicyclic) bond motifs is 1. The monoisotopic (exact) mass is 324 g/mol. The fourth-order valence-corrected chi connectivity index (χ4v) is 4.69. The Labute approximate surface area is 132 Å². The summed E-state index contributed by atoms with van der Waals surface area (Å²) in [5, 5.41) is 5.98. The number of rotatable bonds is 3. The molecule has 0 saturated carbocycles. The molecule has 0 radical (unpaired) electrons. The zero-order valence-corrected chi connectivity index (χ0v) is 14.2. The second kappa shape index (κ2) is 5.96. The minimum Gasteiger partial charge on any atom is -0.342 e. The van der Waals surface area contributed by atoms with E-state index in [0.717, 1.165) is 36.0 Å². The van der Waals surface area contributed by atoms with Crippen LogP contribution in [0.15, 0.2) is 10.9 Å². The van der Waals surface area contributed by atoms with Crippen LogP contribution in [-0.4, -0.2) is 38.2 Å². The second-order valence-electron chi connectivity index (χ2n) is 5.42. The molecule has 2 unspecified atom stereocenters. The minimum absolute atomic E-state index is 0.0713. The van der Waals surface area contributed by atoms with Crippen LogP contribution >= 0.6 is 23.1 Å². The first-order chi connectivity index (χ1) is 10.1. The standard InChI is InChI=1S/C14H20N4OS2/c1-4-5-11-8-12(19)18-13(15-11)21-14(16-18)17-6-7-20-10(3)9(17)2/h8-10H,4-7H2,1-3H3. The van der Waals surface area contributed by atoms with Gasteiger partial charge in [0.15, 0.2) is 0 Å². The van der Waals surface area contributed by atoms with E-state index in [4.69, 9.17) is 0 Å². The lowest BCUT2D eigenvalue weighted by atomic mass is 10.2. The van der Waals surface area contributed by atoms with Crippen LogP contribution in [-0.2, 0) is 6.42 Å². The number of hydrogen-bond acceptors (Lipinski definition) is 6. The Morgan fingerprint density at radius 1 is 1.43 bits per heavy atom. The van der Waals surface area contributed by atoms with E-state index < -0.39 is 0 Å². The highest BCUT2D eigenvalue weighted by Crippen LogP contribution is 2.31. The van der Waals surface area contributed by atoms with Crippen molar-refractivity contribution in [2.75, 3.05) is 17.2 Å². The molecule has 0 N–H and O–H groups in total. The summed E-state index contributed by atoms with van der Waals surface area (Å²) in [7, 11) is 0. The van der Waals surface area contributed by atoms with Crippen molar-refractivity contribution in [1.29, 1.82) is 0 Å². The fraction of sp³-hybridized carbons (Fsp3) is 0.643. The molecule has 7 heteroatoms. The van der Waals surface area contributed by atoms with Gasteiger partial charge < -0.3 is 4.90 Å². The van der Waals surface area contributed by atoms with E-state index in [1.807, 2.05) is 11.8 Å². The molecule has 5 nitrogen and oxygen atoms in total. The number of hydrogen-bond donors (Lipinski definition) is 0. The first-order valence-corrected chi connectivity index (χ1v) is 9.24. The highest BCUT2D eigenvalue weighted by Gasteiger charge is 2.28. The number of thioether (sulfide) groups is 1. The summed E-state index contributed by atoms with van der Waals surface area (Å²) in [6, 6.07) is 2.04. The van der Waals surface area contributed by atoms with Gasteiger partial charge in [-0.3, -0.25) is 4.79 Å². The summed E-state index contributed by atoms with van der Waals surface area (Å²) in [6.07, 6.45) is 1.83. The predicted octanol–water partition coefficient (Wildman–Crippen LogP) is 2.43. The van der Waals surface area contributed by atoms with E-state index in [0.29, 0.717) is 16.3 Å². The molecule has 1 aliphatic rings. The summed E-state index contributed by atoms with van der Waals surface area (Å²) < 4.78 is 1.44. The number of nitrogens with zero attached hydrogens (tertiary/aromatic N) is 4. The van der Waals surface area contributed by atoms with Crippen molar-refractivity contribution in [3.63, 3.8) is 0 Å². The minimum atomic E-state index is -0.0713. The van der Waals surface area contributed by atoms with E-state index in [1.165, 1.54) is 15.9 Å². The molecule has 0 aromatic carbocycles. The topological polar surface area (TPSA) is 50.5 Å². The first-order valence-electron chi connectivity index (χ1n) is 7.38. The van der Waals surface area contributed by atoms with Crippen LogP contribution < -0.4 is 10.5 Å². The molecule has 1 saturated heterocycles. The van der Waals surface area contributed by atoms with Gasteiger partial charge in [-0.15, -0.1) is 5.10 Å². The molecule has 21 heavy (non-hydrogen) atoms. The van der Waals surface area contributed by atoms with E-state index >= 15 is 0 Å². The Kier molecular flexibility index (Phi) is 4.21. The molecular formula is C14H20N4OS2. The third-order valence-corrected chi connectivity index (χ3v) is 6.21. The predicted molar refractivity (Wildman–Crippen MR) is 89.9 cm³/mol. The first kappa shape index (κ1) is 14.8.